The van der Waals surface area contributed by atoms with Gasteiger partial charge in [-0.25, -0.2) is 4.39 Å². The number of hydrogen-bond acceptors (Lipinski definition) is 4. The minimum atomic E-state index is -0.720. The summed E-state index contributed by atoms with van der Waals surface area (Å²) < 4.78 is 24.8. The molecule has 7 heteroatoms. The number of amides is 2. The van der Waals surface area contributed by atoms with Crippen molar-refractivity contribution in [3.63, 3.8) is 0 Å². The van der Waals surface area contributed by atoms with Crippen molar-refractivity contribution in [3.05, 3.63) is 95.3 Å². The molecule has 6 nitrogen and oxygen atoms in total. The number of nitrogens with one attached hydrogen (secondary N) is 1. The minimum Gasteiger partial charge on any atom is -0.486 e. The maximum atomic E-state index is 13.7. The van der Waals surface area contributed by atoms with Crippen LogP contribution in [0.25, 0.3) is 0 Å². The van der Waals surface area contributed by atoms with E-state index in [-0.39, 0.29) is 36.6 Å². The predicted molar refractivity (Wildman–Crippen MR) is 140 cm³/mol. The van der Waals surface area contributed by atoms with Gasteiger partial charge in [0.05, 0.1) is 0 Å². The van der Waals surface area contributed by atoms with Gasteiger partial charge in [-0.2, -0.15) is 0 Å². The zero-order valence-electron chi connectivity index (χ0n) is 21.3. The highest BCUT2D eigenvalue weighted by Gasteiger charge is 2.30. The van der Waals surface area contributed by atoms with E-state index in [1.165, 1.54) is 12.1 Å². The highest BCUT2D eigenvalue weighted by Crippen LogP contribution is 2.31. The number of halogens is 1. The standard InChI is InChI=1S/C30H33FN2O4/c1-21(2)32-30(35)26(18-22-6-4-3-5-7-22)33(20-24-8-12-25(31)13-9-24)29(34)15-11-23-10-14-27-28(19-23)37-17-16-36-27/h3-10,12-14,19,21,26H,11,15-18,20H2,1-2H3,(H,32,35). The number of ether oxygens (including phenoxy) is 2. The molecule has 0 spiro atoms. The van der Waals surface area contributed by atoms with E-state index in [0.717, 1.165) is 16.7 Å². The molecule has 0 aromatic heterocycles. The Labute approximate surface area is 217 Å². The largest absolute Gasteiger partial charge is 0.486 e. The molecule has 1 aliphatic heterocycles. The summed E-state index contributed by atoms with van der Waals surface area (Å²) in [5, 5.41) is 2.98. The lowest BCUT2D eigenvalue weighted by atomic mass is 10.0. The second-order valence-corrected chi connectivity index (χ2v) is 9.49. The molecule has 2 amide bonds. The van der Waals surface area contributed by atoms with E-state index >= 15 is 0 Å². The third kappa shape index (κ3) is 7.32. The van der Waals surface area contributed by atoms with Gasteiger partial charge in [-0.05, 0) is 61.2 Å². The van der Waals surface area contributed by atoms with Gasteiger partial charge in [-0.1, -0.05) is 48.5 Å². The van der Waals surface area contributed by atoms with Crippen molar-refractivity contribution in [2.24, 2.45) is 0 Å². The van der Waals surface area contributed by atoms with Gasteiger partial charge in [0, 0.05) is 25.4 Å². The minimum absolute atomic E-state index is 0.0775. The normalized spacial score (nSPS) is 13.2. The van der Waals surface area contributed by atoms with Crippen molar-refractivity contribution in [3.8, 4) is 11.5 Å². The molecule has 1 heterocycles. The zero-order valence-corrected chi connectivity index (χ0v) is 21.3. The summed E-state index contributed by atoms with van der Waals surface area (Å²) in [6, 6.07) is 20.6. The molecule has 3 aromatic carbocycles. The lowest BCUT2D eigenvalue weighted by molar-refractivity contribution is -0.141. The Balaban J connectivity index is 1.58. The van der Waals surface area contributed by atoms with Gasteiger partial charge in [0.15, 0.2) is 11.5 Å². The Morgan fingerprint density at radius 1 is 0.892 bits per heavy atom. The Hall–Kier alpha value is -3.87. The average Bonchev–Trinajstić information content (AvgIpc) is 2.90. The Kier molecular flexibility index (Phi) is 8.77. The van der Waals surface area contributed by atoms with Crippen LogP contribution in [-0.4, -0.2) is 42.0 Å². The lowest BCUT2D eigenvalue weighted by Gasteiger charge is -2.32. The van der Waals surface area contributed by atoms with Crippen LogP contribution in [0.1, 0.15) is 37.0 Å². The van der Waals surface area contributed by atoms with Gasteiger partial charge >= 0.3 is 0 Å². The topological polar surface area (TPSA) is 67.9 Å². The molecule has 37 heavy (non-hydrogen) atoms. The summed E-state index contributed by atoms with van der Waals surface area (Å²) in [4.78, 5) is 28.7. The number of fused-ring (bicyclic) bond motifs is 1. The summed E-state index contributed by atoms with van der Waals surface area (Å²) in [7, 11) is 0. The maximum absolute atomic E-state index is 13.7. The molecule has 1 aliphatic rings. The lowest BCUT2D eigenvalue weighted by Crippen LogP contribution is -2.51. The summed E-state index contributed by atoms with van der Waals surface area (Å²) >= 11 is 0. The number of aryl methyl sites for hydroxylation is 1. The molecule has 1 N–H and O–H groups in total. The van der Waals surface area contributed by atoms with E-state index in [1.54, 1.807) is 17.0 Å². The zero-order chi connectivity index (χ0) is 26.2. The molecule has 0 saturated heterocycles. The van der Waals surface area contributed by atoms with Crippen LogP contribution in [0.15, 0.2) is 72.8 Å². The van der Waals surface area contributed by atoms with Crippen molar-refractivity contribution in [2.75, 3.05) is 13.2 Å². The van der Waals surface area contributed by atoms with Gasteiger partial charge in [0.2, 0.25) is 11.8 Å². The Morgan fingerprint density at radius 2 is 1.57 bits per heavy atom. The second kappa shape index (κ2) is 12.4. The maximum Gasteiger partial charge on any atom is 0.243 e. The fraction of sp³-hybridized carbons (Fsp3) is 0.333. The molecule has 0 fully saturated rings. The smallest absolute Gasteiger partial charge is 0.243 e. The molecule has 194 valence electrons. The monoisotopic (exact) mass is 504 g/mol. The van der Waals surface area contributed by atoms with Crippen molar-refractivity contribution in [2.45, 2.75) is 51.7 Å². The van der Waals surface area contributed by atoms with E-state index in [4.69, 9.17) is 9.47 Å². The molecule has 0 saturated carbocycles. The molecule has 0 bridgehead atoms. The quantitative estimate of drug-likeness (QED) is 0.435. The molecular weight excluding hydrogens is 471 g/mol. The van der Waals surface area contributed by atoms with Crippen LogP contribution >= 0.6 is 0 Å². The van der Waals surface area contributed by atoms with Gasteiger partial charge < -0.3 is 19.7 Å². The number of carbonyl (C=O) groups excluding carboxylic acids is 2. The predicted octanol–water partition coefficient (Wildman–Crippen LogP) is 4.69. The van der Waals surface area contributed by atoms with Crippen LogP contribution in [0.4, 0.5) is 4.39 Å². The fourth-order valence-corrected chi connectivity index (χ4v) is 4.36. The highest BCUT2D eigenvalue weighted by molar-refractivity contribution is 5.88. The van der Waals surface area contributed by atoms with Crippen molar-refractivity contribution in [1.82, 2.24) is 10.2 Å². The Bertz CT molecular complexity index is 1200. The van der Waals surface area contributed by atoms with Crippen LogP contribution in [0.3, 0.4) is 0 Å². The van der Waals surface area contributed by atoms with E-state index in [9.17, 15) is 14.0 Å². The first-order valence-corrected chi connectivity index (χ1v) is 12.7. The molecule has 0 radical (unpaired) electrons. The SMILES string of the molecule is CC(C)NC(=O)C(Cc1ccccc1)N(Cc1ccc(F)cc1)C(=O)CCc1ccc2c(c1)OCCO2. The first-order valence-electron chi connectivity index (χ1n) is 12.7. The van der Waals surface area contributed by atoms with Gasteiger partial charge in [0.1, 0.15) is 25.1 Å². The van der Waals surface area contributed by atoms with Crippen LogP contribution in [0, 0.1) is 5.82 Å². The van der Waals surface area contributed by atoms with E-state index in [1.807, 2.05) is 62.4 Å². The van der Waals surface area contributed by atoms with Crippen molar-refractivity contribution < 1.29 is 23.5 Å². The van der Waals surface area contributed by atoms with Crippen LogP contribution in [0.5, 0.6) is 11.5 Å². The van der Waals surface area contributed by atoms with Crippen molar-refractivity contribution >= 4 is 11.8 Å². The molecule has 1 atom stereocenters. The summed E-state index contributed by atoms with van der Waals surface area (Å²) in [6.07, 6.45) is 1.07. The van der Waals surface area contributed by atoms with Crippen LogP contribution in [-0.2, 0) is 29.0 Å². The molecule has 3 aromatic rings. The molecule has 0 aliphatic carbocycles. The fourth-order valence-electron chi connectivity index (χ4n) is 4.36. The third-order valence-electron chi connectivity index (χ3n) is 6.20. The van der Waals surface area contributed by atoms with E-state index in [0.29, 0.717) is 37.6 Å². The summed E-state index contributed by atoms with van der Waals surface area (Å²) in [5.41, 5.74) is 2.66. The van der Waals surface area contributed by atoms with E-state index in [2.05, 4.69) is 5.32 Å². The molecular formula is C30H33FN2O4. The first kappa shape index (κ1) is 26.2. The first-order chi connectivity index (χ1) is 17.9. The van der Waals surface area contributed by atoms with Crippen molar-refractivity contribution in [1.29, 1.82) is 0 Å². The number of nitrogens with zero attached hydrogens (tertiary/aromatic N) is 1. The summed E-state index contributed by atoms with van der Waals surface area (Å²) in [5.74, 6) is 0.663. The van der Waals surface area contributed by atoms with Gasteiger partial charge in [-0.3, -0.25) is 9.59 Å². The molecule has 4 rings (SSSR count). The molecule has 1 unspecified atom stereocenters. The average molecular weight is 505 g/mol. The van der Waals surface area contributed by atoms with Gasteiger partial charge in [0.25, 0.3) is 0 Å². The number of hydrogen-bond donors (Lipinski definition) is 1. The summed E-state index contributed by atoms with van der Waals surface area (Å²) in [6.45, 7) is 5.00. The highest BCUT2D eigenvalue weighted by atomic mass is 19.1. The second-order valence-electron chi connectivity index (χ2n) is 9.49. The van der Waals surface area contributed by atoms with Crippen LogP contribution in [0.2, 0.25) is 0 Å². The number of benzene rings is 3. The number of carbonyl (C=O) groups is 2. The third-order valence-corrected chi connectivity index (χ3v) is 6.20. The number of rotatable bonds is 10. The van der Waals surface area contributed by atoms with E-state index < -0.39 is 6.04 Å². The van der Waals surface area contributed by atoms with Gasteiger partial charge in [-0.15, -0.1) is 0 Å². The Morgan fingerprint density at radius 3 is 2.27 bits per heavy atom. The van der Waals surface area contributed by atoms with Crippen LogP contribution < -0.4 is 14.8 Å².